The summed E-state index contributed by atoms with van der Waals surface area (Å²) in [5.74, 6) is -2.00. The Morgan fingerprint density at radius 2 is 2.30 bits per heavy atom. The van der Waals surface area contributed by atoms with Crippen LogP contribution in [0, 0.1) is 15.9 Å². The van der Waals surface area contributed by atoms with Gasteiger partial charge in [0.25, 0.3) is 0 Å². The molecular formula is C15H18FNO6. The summed E-state index contributed by atoms with van der Waals surface area (Å²) in [6.45, 7) is 2.38. The predicted octanol–water partition coefficient (Wildman–Crippen LogP) is 2.61. The topological polar surface area (TPSA) is 87.9 Å². The van der Waals surface area contributed by atoms with Crippen molar-refractivity contribution in [1.29, 1.82) is 0 Å². The highest BCUT2D eigenvalue weighted by atomic mass is 19.1. The van der Waals surface area contributed by atoms with Crippen LogP contribution in [0.3, 0.4) is 0 Å². The van der Waals surface area contributed by atoms with E-state index in [0.29, 0.717) is 6.61 Å². The van der Waals surface area contributed by atoms with Gasteiger partial charge in [0.15, 0.2) is 6.10 Å². The number of nitro benzene ring substituents is 1. The van der Waals surface area contributed by atoms with Crippen molar-refractivity contribution in [3.8, 4) is 5.75 Å². The van der Waals surface area contributed by atoms with E-state index in [9.17, 15) is 19.3 Å². The maximum Gasteiger partial charge on any atom is 0.340 e. The van der Waals surface area contributed by atoms with Crippen LogP contribution < -0.4 is 4.74 Å². The Balaban J connectivity index is 1.92. The Morgan fingerprint density at radius 1 is 1.52 bits per heavy atom. The fourth-order valence-electron chi connectivity index (χ4n) is 2.17. The van der Waals surface area contributed by atoms with E-state index in [1.165, 1.54) is 6.92 Å². The van der Waals surface area contributed by atoms with E-state index in [2.05, 4.69) is 0 Å². The summed E-state index contributed by atoms with van der Waals surface area (Å²) in [4.78, 5) is 22.1. The third-order valence-electron chi connectivity index (χ3n) is 3.47. The Morgan fingerprint density at radius 3 is 2.96 bits per heavy atom. The van der Waals surface area contributed by atoms with E-state index in [1.807, 2.05) is 0 Å². The van der Waals surface area contributed by atoms with Gasteiger partial charge in [0.05, 0.1) is 17.6 Å². The maximum absolute atomic E-state index is 13.2. The van der Waals surface area contributed by atoms with Gasteiger partial charge in [-0.05, 0) is 32.3 Å². The number of carbonyl (C=O) groups is 1. The van der Waals surface area contributed by atoms with Gasteiger partial charge in [-0.3, -0.25) is 10.1 Å². The molecule has 2 rings (SSSR count). The molecule has 2 atom stereocenters. The number of benzene rings is 1. The van der Waals surface area contributed by atoms with Crippen LogP contribution in [0.1, 0.15) is 26.2 Å². The number of nitrogens with zero attached hydrogens (tertiary/aromatic N) is 1. The van der Waals surface area contributed by atoms with Gasteiger partial charge >= 0.3 is 11.7 Å². The van der Waals surface area contributed by atoms with Gasteiger partial charge in [0.2, 0.25) is 5.75 Å². The first-order chi connectivity index (χ1) is 11.0. The highest BCUT2D eigenvalue weighted by molar-refractivity contribution is 5.77. The first-order valence-corrected chi connectivity index (χ1v) is 7.36. The second kappa shape index (κ2) is 7.98. The third-order valence-corrected chi connectivity index (χ3v) is 3.47. The molecule has 0 saturated carbocycles. The molecule has 1 aliphatic rings. The highest BCUT2D eigenvalue weighted by Crippen LogP contribution is 2.28. The molecule has 1 fully saturated rings. The number of esters is 1. The predicted molar refractivity (Wildman–Crippen MR) is 77.7 cm³/mol. The Bertz CT molecular complexity index is 573. The minimum absolute atomic E-state index is 0.0671. The van der Waals surface area contributed by atoms with Crippen molar-refractivity contribution in [1.82, 2.24) is 0 Å². The molecule has 7 nitrogen and oxygen atoms in total. The summed E-state index contributed by atoms with van der Waals surface area (Å²) in [7, 11) is 0. The molecule has 1 aromatic carbocycles. The molecule has 1 heterocycles. The normalized spacial score (nSPS) is 19.1. The molecular weight excluding hydrogens is 309 g/mol. The van der Waals surface area contributed by atoms with Gasteiger partial charge in [-0.15, -0.1) is 0 Å². The summed E-state index contributed by atoms with van der Waals surface area (Å²) >= 11 is 0. The number of halogens is 1. The van der Waals surface area contributed by atoms with Crippen molar-refractivity contribution in [2.75, 3.05) is 13.2 Å². The Labute approximate surface area is 132 Å². The smallest absolute Gasteiger partial charge is 0.340 e. The Kier molecular flexibility index (Phi) is 6.00. The number of ether oxygens (including phenoxy) is 3. The zero-order valence-corrected chi connectivity index (χ0v) is 12.7. The summed E-state index contributed by atoms with van der Waals surface area (Å²) < 4.78 is 29.0. The minimum atomic E-state index is -0.941. The van der Waals surface area contributed by atoms with Crippen LogP contribution in [0.25, 0.3) is 0 Å². The van der Waals surface area contributed by atoms with Crippen LogP contribution in [0.5, 0.6) is 5.75 Å². The SMILES string of the molecule is CC(OCC1CCCCO1)C(=O)Oc1cc(F)ccc1[N+](=O)[O-]. The monoisotopic (exact) mass is 327 g/mol. The van der Waals surface area contributed by atoms with Crippen LogP contribution in [0.2, 0.25) is 0 Å². The van der Waals surface area contributed by atoms with Crippen LogP contribution in [-0.2, 0) is 14.3 Å². The van der Waals surface area contributed by atoms with Gasteiger partial charge < -0.3 is 14.2 Å². The van der Waals surface area contributed by atoms with Gasteiger partial charge in [-0.2, -0.15) is 0 Å². The van der Waals surface area contributed by atoms with Crippen molar-refractivity contribution in [3.05, 3.63) is 34.1 Å². The molecule has 8 heteroatoms. The third kappa shape index (κ3) is 4.97. The lowest BCUT2D eigenvalue weighted by atomic mass is 10.1. The van der Waals surface area contributed by atoms with E-state index < -0.39 is 34.3 Å². The fraction of sp³-hybridized carbons (Fsp3) is 0.533. The molecule has 0 radical (unpaired) electrons. The van der Waals surface area contributed by atoms with Crippen molar-refractivity contribution in [2.24, 2.45) is 0 Å². The molecule has 2 unspecified atom stereocenters. The number of nitro groups is 1. The molecule has 1 aliphatic heterocycles. The Hall–Kier alpha value is -2.06. The van der Waals surface area contributed by atoms with Crippen LogP contribution in [0.4, 0.5) is 10.1 Å². The quantitative estimate of drug-likeness (QED) is 0.345. The molecule has 0 aliphatic carbocycles. The van der Waals surface area contributed by atoms with E-state index in [4.69, 9.17) is 14.2 Å². The number of carbonyl (C=O) groups excluding carboxylic acids is 1. The van der Waals surface area contributed by atoms with Gasteiger partial charge in [0.1, 0.15) is 5.82 Å². The van der Waals surface area contributed by atoms with E-state index in [0.717, 1.165) is 37.5 Å². The summed E-state index contributed by atoms with van der Waals surface area (Å²) in [5, 5.41) is 10.9. The number of hydrogen-bond donors (Lipinski definition) is 0. The van der Waals surface area contributed by atoms with Gasteiger partial charge in [-0.25, -0.2) is 9.18 Å². The first kappa shape index (κ1) is 17.3. The molecule has 126 valence electrons. The zero-order chi connectivity index (χ0) is 16.8. The molecule has 0 amide bonds. The summed E-state index contributed by atoms with van der Waals surface area (Å²) in [5.41, 5.74) is -0.484. The average Bonchev–Trinajstić information content (AvgIpc) is 2.53. The standard InChI is InChI=1S/C15H18FNO6/c1-10(22-9-12-4-2-3-7-21-12)15(18)23-14-8-11(16)5-6-13(14)17(19)20/h5-6,8,10,12H,2-4,7,9H2,1H3. The van der Waals surface area contributed by atoms with E-state index in [-0.39, 0.29) is 12.7 Å². The number of rotatable bonds is 6. The van der Waals surface area contributed by atoms with Crippen molar-refractivity contribution < 1.29 is 28.3 Å². The molecule has 0 bridgehead atoms. The maximum atomic E-state index is 13.2. The fourth-order valence-corrected chi connectivity index (χ4v) is 2.17. The molecule has 23 heavy (non-hydrogen) atoms. The lowest BCUT2D eigenvalue weighted by Crippen LogP contribution is -2.31. The summed E-state index contributed by atoms with van der Waals surface area (Å²) in [6, 6.07) is 2.67. The van der Waals surface area contributed by atoms with E-state index >= 15 is 0 Å². The number of hydrogen-bond acceptors (Lipinski definition) is 6. The highest BCUT2D eigenvalue weighted by Gasteiger charge is 2.24. The second-order valence-corrected chi connectivity index (χ2v) is 5.25. The molecule has 0 spiro atoms. The molecule has 0 aromatic heterocycles. The summed E-state index contributed by atoms with van der Waals surface area (Å²) in [6.07, 6.45) is 1.91. The van der Waals surface area contributed by atoms with Crippen molar-refractivity contribution >= 4 is 11.7 Å². The molecule has 1 saturated heterocycles. The van der Waals surface area contributed by atoms with Crippen molar-refractivity contribution in [2.45, 2.75) is 38.4 Å². The minimum Gasteiger partial charge on any atom is -0.417 e. The molecule has 0 N–H and O–H groups in total. The van der Waals surface area contributed by atoms with Crippen LogP contribution in [-0.4, -0.2) is 36.3 Å². The van der Waals surface area contributed by atoms with E-state index in [1.54, 1.807) is 0 Å². The lowest BCUT2D eigenvalue weighted by Gasteiger charge is -2.23. The van der Waals surface area contributed by atoms with Crippen LogP contribution >= 0.6 is 0 Å². The zero-order valence-electron chi connectivity index (χ0n) is 12.7. The first-order valence-electron chi connectivity index (χ1n) is 7.36. The van der Waals surface area contributed by atoms with Crippen LogP contribution in [0.15, 0.2) is 18.2 Å². The second-order valence-electron chi connectivity index (χ2n) is 5.25. The van der Waals surface area contributed by atoms with Crippen molar-refractivity contribution in [3.63, 3.8) is 0 Å². The van der Waals surface area contributed by atoms with Gasteiger partial charge in [-0.1, -0.05) is 0 Å². The average molecular weight is 327 g/mol. The van der Waals surface area contributed by atoms with Gasteiger partial charge in [0, 0.05) is 18.7 Å². The lowest BCUT2D eigenvalue weighted by molar-refractivity contribution is -0.385. The molecule has 1 aromatic rings. The largest absolute Gasteiger partial charge is 0.417 e.